The van der Waals surface area contributed by atoms with Gasteiger partial charge in [-0.3, -0.25) is 0 Å². The average Bonchev–Trinajstić information content (AvgIpc) is 2.83. The minimum Gasteiger partial charge on any atom is -0.356 e. The molecule has 0 bridgehead atoms. The predicted molar refractivity (Wildman–Crippen MR) is 81.6 cm³/mol. The van der Waals surface area contributed by atoms with Crippen LogP contribution < -0.4 is 10.2 Å². The average molecular weight is 261 g/mol. The van der Waals surface area contributed by atoms with Crippen molar-refractivity contribution in [1.82, 2.24) is 10.3 Å². The van der Waals surface area contributed by atoms with Crippen molar-refractivity contribution in [1.29, 1.82) is 0 Å². The van der Waals surface area contributed by atoms with Gasteiger partial charge in [-0.1, -0.05) is 27.2 Å². The molecule has 2 rings (SSSR count). The highest BCUT2D eigenvalue weighted by molar-refractivity contribution is 5.44. The van der Waals surface area contributed by atoms with E-state index < -0.39 is 0 Å². The van der Waals surface area contributed by atoms with Crippen LogP contribution in [0.25, 0.3) is 0 Å². The Morgan fingerprint density at radius 3 is 2.84 bits per heavy atom. The monoisotopic (exact) mass is 261 g/mol. The van der Waals surface area contributed by atoms with Crippen LogP contribution in [0.3, 0.4) is 0 Å². The van der Waals surface area contributed by atoms with Gasteiger partial charge in [0.15, 0.2) is 0 Å². The number of aromatic nitrogens is 1. The third-order valence-electron chi connectivity index (χ3n) is 3.76. The topological polar surface area (TPSA) is 28.2 Å². The standard InChI is InChI=1S/C16H27N3/c1-4-6-15-9-14(11-17-5-2)10-16(18-15)19-8-7-13(3)12-19/h9-10,13,17H,4-8,11-12H2,1-3H3. The highest BCUT2D eigenvalue weighted by atomic mass is 15.2. The van der Waals surface area contributed by atoms with Gasteiger partial charge in [-0.15, -0.1) is 0 Å². The van der Waals surface area contributed by atoms with Crippen LogP contribution in [0, 0.1) is 5.92 Å². The number of nitrogens with one attached hydrogen (secondary N) is 1. The first-order valence-electron chi connectivity index (χ1n) is 7.68. The Bertz CT molecular complexity index is 403. The lowest BCUT2D eigenvalue weighted by molar-refractivity contribution is 0.658. The van der Waals surface area contributed by atoms with Crippen molar-refractivity contribution in [3.8, 4) is 0 Å². The Kier molecular flexibility index (Phi) is 5.20. The second-order valence-electron chi connectivity index (χ2n) is 5.70. The van der Waals surface area contributed by atoms with Crippen LogP contribution in [0.1, 0.15) is 44.9 Å². The molecule has 0 radical (unpaired) electrons. The van der Waals surface area contributed by atoms with Gasteiger partial charge in [0.05, 0.1) is 0 Å². The first kappa shape index (κ1) is 14.3. The summed E-state index contributed by atoms with van der Waals surface area (Å²) in [4.78, 5) is 7.29. The van der Waals surface area contributed by atoms with Crippen molar-refractivity contribution in [2.45, 2.75) is 46.6 Å². The van der Waals surface area contributed by atoms with Gasteiger partial charge in [0.25, 0.3) is 0 Å². The Labute approximate surface area is 117 Å². The van der Waals surface area contributed by atoms with Gasteiger partial charge < -0.3 is 10.2 Å². The maximum atomic E-state index is 4.85. The molecule has 1 aromatic rings. The molecule has 1 N–H and O–H groups in total. The van der Waals surface area contributed by atoms with Crippen LogP contribution in [-0.4, -0.2) is 24.6 Å². The van der Waals surface area contributed by atoms with E-state index in [-0.39, 0.29) is 0 Å². The van der Waals surface area contributed by atoms with E-state index in [0.717, 1.165) is 44.9 Å². The van der Waals surface area contributed by atoms with Crippen molar-refractivity contribution in [3.05, 3.63) is 23.4 Å². The van der Waals surface area contributed by atoms with Crippen LogP contribution in [0.2, 0.25) is 0 Å². The molecule has 106 valence electrons. The summed E-state index contributed by atoms with van der Waals surface area (Å²) >= 11 is 0. The van der Waals surface area contributed by atoms with E-state index >= 15 is 0 Å². The molecule has 0 aliphatic carbocycles. The van der Waals surface area contributed by atoms with E-state index in [1.54, 1.807) is 0 Å². The van der Waals surface area contributed by atoms with Crippen LogP contribution in [-0.2, 0) is 13.0 Å². The zero-order valence-electron chi connectivity index (χ0n) is 12.6. The Morgan fingerprint density at radius 1 is 1.37 bits per heavy atom. The zero-order valence-corrected chi connectivity index (χ0v) is 12.6. The molecule has 1 fully saturated rings. The molecule has 0 saturated carbocycles. The van der Waals surface area contributed by atoms with E-state index in [1.807, 2.05) is 0 Å². The van der Waals surface area contributed by atoms with Crippen LogP contribution in [0.4, 0.5) is 5.82 Å². The lowest BCUT2D eigenvalue weighted by atomic mass is 10.1. The highest BCUT2D eigenvalue weighted by Crippen LogP contribution is 2.23. The molecular formula is C16H27N3. The van der Waals surface area contributed by atoms with E-state index in [9.17, 15) is 0 Å². The first-order valence-corrected chi connectivity index (χ1v) is 7.68. The van der Waals surface area contributed by atoms with Gasteiger partial charge in [0.1, 0.15) is 5.82 Å². The van der Waals surface area contributed by atoms with Crippen molar-refractivity contribution < 1.29 is 0 Å². The van der Waals surface area contributed by atoms with Crippen molar-refractivity contribution in [2.75, 3.05) is 24.5 Å². The molecule has 0 spiro atoms. The molecule has 1 unspecified atom stereocenters. The van der Waals surface area contributed by atoms with Gasteiger partial charge in [-0.25, -0.2) is 4.98 Å². The van der Waals surface area contributed by atoms with Gasteiger partial charge in [-0.05, 0) is 43.0 Å². The van der Waals surface area contributed by atoms with Crippen LogP contribution in [0.15, 0.2) is 12.1 Å². The summed E-state index contributed by atoms with van der Waals surface area (Å²) in [5.74, 6) is 1.98. The lowest BCUT2D eigenvalue weighted by Gasteiger charge is -2.19. The molecule has 19 heavy (non-hydrogen) atoms. The second-order valence-corrected chi connectivity index (χ2v) is 5.70. The molecule has 1 aromatic heterocycles. The molecule has 2 heterocycles. The molecule has 1 aliphatic heterocycles. The molecule has 1 aliphatic rings. The SMILES string of the molecule is CCCc1cc(CNCC)cc(N2CCC(C)C2)n1. The fourth-order valence-electron chi connectivity index (χ4n) is 2.69. The number of pyridine rings is 1. The third-order valence-corrected chi connectivity index (χ3v) is 3.76. The fraction of sp³-hybridized carbons (Fsp3) is 0.688. The highest BCUT2D eigenvalue weighted by Gasteiger charge is 2.20. The number of hydrogen-bond donors (Lipinski definition) is 1. The summed E-state index contributed by atoms with van der Waals surface area (Å²) in [7, 11) is 0. The minimum absolute atomic E-state index is 0.800. The van der Waals surface area contributed by atoms with Crippen molar-refractivity contribution >= 4 is 5.82 Å². The quantitative estimate of drug-likeness (QED) is 0.853. The molecular weight excluding hydrogens is 234 g/mol. The maximum Gasteiger partial charge on any atom is 0.129 e. The van der Waals surface area contributed by atoms with Gasteiger partial charge >= 0.3 is 0 Å². The molecule has 1 saturated heterocycles. The minimum atomic E-state index is 0.800. The smallest absolute Gasteiger partial charge is 0.129 e. The van der Waals surface area contributed by atoms with Crippen molar-refractivity contribution in [2.24, 2.45) is 5.92 Å². The zero-order chi connectivity index (χ0) is 13.7. The molecule has 0 aromatic carbocycles. The van der Waals surface area contributed by atoms with Gasteiger partial charge in [0, 0.05) is 25.3 Å². The number of rotatable bonds is 6. The largest absolute Gasteiger partial charge is 0.356 e. The number of aryl methyl sites for hydroxylation is 1. The number of anilines is 1. The number of hydrogen-bond acceptors (Lipinski definition) is 3. The second kappa shape index (κ2) is 6.90. The normalized spacial score (nSPS) is 19.1. The first-order chi connectivity index (χ1) is 9.22. The number of nitrogens with zero attached hydrogens (tertiary/aromatic N) is 2. The Morgan fingerprint density at radius 2 is 2.21 bits per heavy atom. The van der Waals surface area contributed by atoms with E-state index in [4.69, 9.17) is 4.98 Å². The summed E-state index contributed by atoms with van der Waals surface area (Å²) < 4.78 is 0. The molecule has 1 atom stereocenters. The molecule has 3 heteroatoms. The van der Waals surface area contributed by atoms with E-state index in [2.05, 4.69) is 43.1 Å². The summed E-state index contributed by atoms with van der Waals surface area (Å²) in [6.45, 7) is 11.0. The van der Waals surface area contributed by atoms with Crippen LogP contribution in [0.5, 0.6) is 0 Å². The molecule has 0 amide bonds. The van der Waals surface area contributed by atoms with E-state index in [1.165, 1.54) is 23.5 Å². The lowest BCUT2D eigenvalue weighted by Crippen LogP contribution is -2.21. The van der Waals surface area contributed by atoms with Gasteiger partial charge in [-0.2, -0.15) is 0 Å². The van der Waals surface area contributed by atoms with E-state index in [0.29, 0.717) is 0 Å². The molecule has 3 nitrogen and oxygen atoms in total. The fourth-order valence-corrected chi connectivity index (χ4v) is 2.69. The Balaban J connectivity index is 2.18. The summed E-state index contributed by atoms with van der Waals surface area (Å²) in [6.07, 6.45) is 3.53. The maximum absolute atomic E-state index is 4.85. The Hall–Kier alpha value is -1.09. The van der Waals surface area contributed by atoms with Crippen molar-refractivity contribution in [3.63, 3.8) is 0 Å². The summed E-state index contributed by atoms with van der Waals surface area (Å²) in [5, 5.41) is 3.41. The third kappa shape index (κ3) is 3.93. The van der Waals surface area contributed by atoms with Crippen LogP contribution >= 0.6 is 0 Å². The predicted octanol–water partition coefficient (Wildman–Crippen LogP) is 2.99. The summed E-state index contributed by atoms with van der Waals surface area (Å²) in [6, 6.07) is 4.52. The van der Waals surface area contributed by atoms with Gasteiger partial charge in [0.2, 0.25) is 0 Å². The summed E-state index contributed by atoms with van der Waals surface area (Å²) in [5.41, 5.74) is 2.61.